The Morgan fingerprint density at radius 2 is 1.88 bits per heavy atom. The molecule has 1 aliphatic heterocycles. The number of carbonyl (C=O) groups excluding carboxylic acids is 1. The van der Waals surface area contributed by atoms with Crippen molar-refractivity contribution < 1.29 is 4.79 Å². The van der Waals surface area contributed by atoms with Gasteiger partial charge in [0.25, 0.3) is 0 Å². The Labute approximate surface area is 105 Å². The molecule has 2 rings (SSSR count). The first-order valence-electron chi connectivity index (χ1n) is 6.84. The zero-order chi connectivity index (χ0) is 12.7. The summed E-state index contributed by atoms with van der Waals surface area (Å²) in [6.45, 7) is 11.2. The smallest absolute Gasteiger partial charge is 0.234 e. The molecule has 1 saturated heterocycles. The van der Waals surface area contributed by atoms with Crippen LogP contribution in [0.4, 0.5) is 0 Å². The first-order valence-corrected chi connectivity index (χ1v) is 6.84. The second kappa shape index (κ2) is 4.27. The van der Waals surface area contributed by atoms with E-state index < -0.39 is 0 Å². The Morgan fingerprint density at radius 1 is 1.35 bits per heavy atom. The van der Waals surface area contributed by atoms with Crippen LogP contribution in [-0.2, 0) is 4.79 Å². The molecule has 1 saturated carbocycles. The largest absolute Gasteiger partial charge is 0.350 e. The number of piperidine rings is 1. The molecule has 0 aromatic carbocycles. The average molecular weight is 238 g/mol. The van der Waals surface area contributed by atoms with Crippen molar-refractivity contribution in [2.45, 2.75) is 52.5 Å². The molecule has 1 atom stereocenters. The number of carbonyl (C=O) groups is 1. The monoisotopic (exact) mass is 238 g/mol. The summed E-state index contributed by atoms with van der Waals surface area (Å²) in [7, 11) is 0. The third kappa shape index (κ3) is 3.21. The van der Waals surface area contributed by atoms with Gasteiger partial charge in [-0.15, -0.1) is 0 Å². The fourth-order valence-electron chi connectivity index (χ4n) is 3.07. The predicted octanol–water partition coefficient (Wildman–Crippen LogP) is 2.02. The Balaban J connectivity index is 1.73. The van der Waals surface area contributed by atoms with Gasteiger partial charge in [-0.05, 0) is 64.5 Å². The van der Waals surface area contributed by atoms with Crippen molar-refractivity contribution in [3.05, 3.63) is 0 Å². The highest BCUT2D eigenvalue weighted by molar-refractivity contribution is 5.78. The summed E-state index contributed by atoms with van der Waals surface area (Å²) in [6, 6.07) is 0. The zero-order valence-corrected chi connectivity index (χ0v) is 11.7. The third-order valence-corrected chi connectivity index (χ3v) is 4.33. The van der Waals surface area contributed by atoms with Crippen LogP contribution in [0.3, 0.4) is 0 Å². The summed E-state index contributed by atoms with van der Waals surface area (Å²) in [5, 5.41) is 3.03. The van der Waals surface area contributed by atoms with Gasteiger partial charge in [0.15, 0.2) is 0 Å². The number of nitrogens with zero attached hydrogens (tertiary/aromatic N) is 1. The maximum Gasteiger partial charge on any atom is 0.234 e. The molecule has 0 unspecified atom stereocenters. The van der Waals surface area contributed by atoms with E-state index in [1.165, 1.54) is 19.3 Å². The first-order chi connectivity index (χ1) is 7.81. The Kier molecular flexibility index (Phi) is 3.23. The van der Waals surface area contributed by atoms with E-state index in [0.29, 0.717) is 12.0 Å². The quantitative estimate of drug-likeness (QED) is 0.798. The molecule has 3 nitrogen and oxygen atoms in total. The summed E-state index contributed by atoms with van der Waals surface area (Å²) >= 11 is 0. The third-order valence-electron chi connectivity index (χ3n) is 4.33. The zero-order valence-electron chi connectivity index (χ0n) is 11.7. The molecular formula is C14H26N2O. The standard InChI is InChI=1S/C14H26N2O/c1-11-9-14(11)5-7-16(8-6-14)10-12(17)15-13(2,3)4/h11H,5-10H2,1-4H3,(H,15,17)/t11-/m1/s1. The minimum absolute atomic E-state index is 0.112. The van der Waals surface area contributed by atoms with Crippen LogP contribution >= 0.6 is 0 Å². The van der Waals surface area contributed by atoms with Gasteiger partial charge in [-0.1, -0.05) is 6.92 Å². The van der Waals surface area contributed by atoms with Gasteiger partial charge in [-0.25, -0.2) is 0 Å². The van der Waals surface area contributed by atoms with E-state index in [1.54, 1.807) is 0 Å². The highest BCUT2D eigenvalue weighted by Crippen LogP contribution is 2.58. The number of hydrogen-bond acceptors (Lipinski definition) is 2. The molecule has 2 fully saturated rings. The van der Waals surface area contributed by atoms with Gasteiger partial charge in [0.05, 0.1) is 6.54 Å². The predicted molar refractivity (Wildman–Crippen MR) is 69.8 cm³/mol. The van der Waals surface area contributed by atoms with Crippen LogP contribution in [-0.4, -0.2) is 36.0 Å². The van der Waals surface area contributed by atoms with E-state index in [-0.39, 0.29) is 11.4 Å². The van der Waals surface area contributed by atoms with Crippen molar-refractivity contribution in [1.29, 1.82) is 0 Å². The molecule has 0 bridgehead atoms. The van der Waals surface area contributed by atoms with Crippen LogP contribution in [0.2, 0.25) is 0 Å². The van der Waals surface area contributed by atoms with Crippen LogP contribution in [0.25, 0.3) is 0 Å². The molecule has 0 aromatic heterocycles. The summed E-state index contributed by atoms with van der Waals surface area (Å²) in [5.41, 5.74) is 0.552. The lowest BCUT2D eigenvalue weighted by Crippen LogP contribution is -2.47. The highest BCUT2D eigenvalue weighted by Gasteiger charge is 2.51. The molecular weight excluding hydrogens is 212 g/mol. The second-order valence-corrected chi connectivity index (χ2v) is 7.04. The Morgan fingerprint density at radius 3 is 2.29 bits per heavy atom. The fraction of sp³-hybridized carbons (Fsp3) is 0.929. The second-order valence-electron chi connectivity index (χ2n) is 7.04. The molecule has 17 heavy (non-hydrogen) atoms. The van der Waals surface area contributed by atoms with Crippen LogP contribution in [0.1, 0.15) is 47.0 Å². The number of rotatable bonds is 2. The van der Waals surface area contributed by atoms with Gasteiger partial charge in [0, 0.05) is 5.54 Å². The summed E-state index contributed by atoms with van der Waals surface area (Å²) in [6.07, 6.45) is 3.99. The molecule has 1 spiro atoms. The van der Waals surface area contributed by atoms with Crippen molar-refractivity contribution in [3.63, 3.8) is 0 Å². The normalized spacial score (nSPS) is 28.1. The van der Waals surface area contributed by atoms with Crippen LogP contribution < -0.4 is 5.32 Å². The minimum atomic E-state index is -0.112. The van der Waals surface area contributed by atoms with E-state index in [1.807, 2.05) is 20.8 Å². The van der Waals surface area contributed by atoms with Crippen molar-refractivity contribution in [1.82, 2.24) is 10.2 Å². The molecule has 3 heteroatoms. The number of hydrogen-bond donors (Lipinski definition) is 1. The lowest BCUT2D eigenvalue weighted by atomic mass is 9.91. The molecule has 1 N–H and O–H groups in total. The van der Waals surface area contributed by atoms with Crippen LogP contribution in [0.5, 0.6) is 0 Å². The van der Waals surface area contributed by atoms with Crippen molar-refractivity contribution in [3.8, 4) is 0 Å². The average Bonchev–Trinajstić information content (AvgIpc) is 2.78. The minimum Gasteiger partial charge on any atom is -0.350 e. The van der Waals surface area contributed by atoms with Crippen LogP contribution in [0.15, 0.2) is 0 Å². The molecule has 2 aliphatic rings. The van der Waals surface area contributed by atoms with E-state index in [0.717, 1.165) is 19.0 Å². The first kappa shape index (κ1) is 12.9. The Hall–Kier alpha value is -0.570. The topological polar surface area (TPSA) is 32.3 Å². The lowest BCUT2D eigenvalue weighted by molar-refractivity contribution is -0.124. The molecule has 98 valence electrons. The van der Waals surface area contributed by atoms with Gasteiger partial charge < -0.3 is 5.32 Å². The molecule has 1 amide bonds. The fourth-order valence-corrected chi connectivity index (χ4v) is 3.07. The van der Waals surface area contributed by atoms with E-state index in [2.05, 4.69) is 17.1 Å². The molecule has 1 heterocycles. The van der Waals surface area contributed by atoms with E-state index >= 15 is 0 Å². The van der Waals surface area contributed by atoms with Gasteiger partial charge in [0.2, 0.25) is 5.91 Å². The SMILES string of the molecule is C[C@@H]1CC12CCN(CC(=O)NC(C)(C)C)CC2. The van der Waals surface area contributed by atoms with Gasteiger partial charge >= 0.3 is 0 Å². The number of likely N-dealkylation sites (tertiary alicyclic amines) is 1. The Bertz CT molecular complexity index is 298. The van der Waals surface area contributed by atoms with E-state index in [4.69, 9.17) is 0 Å². The van der Waals surface area contributed by atoms with Crippen molar-refractivity contribution >= 4 is 5.91 Å². The van der Waals surface area contributed by atoms with Gasteiger partial charge in [0.1, 0.15) is 0 Å². The maximum atomic E-state index is 11.8. The lowest BCUT2D eigenvalue weighted by Gasteiger charge is -2.33. The van der Waals surface area contributed by atoms with Gasteiger partial charge in [-0.3, -0.25) is 9.69 Å². The van der Waals surface area contributed by atoms with Crippen molar-refractivity contribution in [2.24, 2.45) is 11.3 Å². The summed E-state index contributed by atoms with van der Waals surface area (Å²) < 4.78 is 0. The molecule has 0 aromatic rings. The van der Waals surface area contributed by atoms with Crippen molar-refractivity contribution in [2.75, 3.05) is 19.6 Å². The number of amides is 1. The van der Waals surface area contributed by atoms with E-state index in [9.17, 15) is 4.79 Å². The highest BCUT2D eigenvalue weighted by atomic mass is 16.2. The molecule has 1 aliphatic carbocycles. The van der Waals surface area contributed by atoms with Crippen LogP contribution in [0, 0.1) is 11.3 Å². The maximum absolute atomic E-state index is 11.8. The summed E-state index contributed by atoms with van der Waals surface area (Å²) in [4.78, 5) is 14.1. The molecule has 0 radical (unpaired) electrons. The van der Waals surface area contributed by atoms with Gasteiger partial charge in [-0.2, -0.15) is 0 Å². The summed E-state index contributed by atoms with van der Waals surface area (Å²) in [5.74, 6) is 1.09. The number of nitrogens with one attached hydrogen (secondary N) is 1.